The predicted molar refractivity (Wildman–Crippen MR) is 73.5 cm³/mol. The molecule has 3 heterocycles. The van der Waals surface area contributed by atoms with Gasteiger partial charge in [0.15, 0.2) is 5.58 Å². The number of fused-ring (bicyclic) bond motifs is 2. The summed E-state index contributed by atoms with van der Waals surface area (Å²) in [5, 5.41) is 3.61. The first-order valence-electron chi connectivity index (χ1n) is 6.93. The number of rotatable bonds is 2. The summed E-state index contributed by atoms with van der Waals surface area (Å²) in [5.74, 6) is -0.394. The summed E-state index contributed by atoms with van der Waals surface area (Å²) >= 11 is 0. The summed E-state index contributed by atoms with van der Waals surface area (Å²) in [4.78, 5) is 16.4. The third-order valence-electron chi connectivity index (χ3n) is 4.38. The molecule has 2 N–H and O–H groups in total. The van der Waals surface area contributed by atoms with E-state index in [1.54, 1.807) is 0 Å². The topological polar surface area (TPSA) is 61.3 Å². The van der Waals surface area contributed by atoms with Gasteiger partial charge < -0.3 is 9.73 Å². The fourth-order valence-electron chi connectivity index (χ4n) is 3.51. The lowest BCUT2D eigenvalue weighted by atomic mass is 10.1. The summed E-state index contributed by atoms with van der Waals surface area (Å²) in [5.41, 5.74) is 2.43. The van der Waals surface area contributed by atoms with Crippen LogP contribution >= 0.6 is 0 Å². The molecule has 2 saturated heterocycles. The molecule has 0 amide bonds. The van der Waals surface area contributed by atoms with Gasteiger partial charge in [-0.2, -0.15) is 0 Å². The van der Waals surface area contributed by atoms with Gasteiger partial charge in [0.05, 0.1) is 5.52 Å². The Balaban J connectivity index is 1.59. The standard InChI is InChI=1S/C14H17N3O2/c18-14-16-11-8-9(3-4-13(11)19-14)15-10-5-7-17-6-1-2-12(10)17/h3-4,8,10,12,15H,1-2,5-7H2,(H,16,18). The van der Waals surface area contributed by atoms with Crippen LogP contribution in [0.1, 0.15) is 19.3 Å². The zero-order chi connectivity index (χ0) is 12.8. The molecule has 2 aromatic rings. The summed E-state index contributed by atoms with van der Waals surface area (Å²) in [6, 6.07) is 6.99. The van der Waals surface area contributed by atoms with E-state index in [2.05, 4.69) is 15.2 Å². The van der Waals surface area contributed by atoms with Crippen molar-refractivity contribution in [2.24, 2.45) is 0 Å². The summed E-state index contributed by atoms with van der Waals surface area (Å²) in [7, 11) is 0. The number of benzene rings is 1. The minimum atomic E-state index is -0.394. The fraction of sp³-hybridized carbons (Fsp3) is 0.500. The second-order valence-corrected chi connectivity index (χ2v) is 5.51. The number of anilines is 1. The monoisotopic (exact) mass is 259 g/mol. The highest BCUT2D eigenvalue weighted by atomic mass is 16.4. The minimum absolute atomic E-state index is 0.394. The zero-order valence-electron chi connectivity index (χ0n) is 10.7. The average Bonchev–Trinajstić information content (AvgIpc) is 3.05. The first-order valence-corrected chi connectivity index (χ1v) is 6.93. The molecule has 0 aliphatic carbocycles. The van der Waals surface area contributed by atoms with Gasteiger partial charge in [-0.05, 0) is 44.0 Å². The summed E-state index contributed by atoms with van der Waals surface area (Å²) < 4.78 is 5.02. The number of hydrogen-bond acceptors (Lipinski definition) is 4. The quantitative estimate of drug-likeness (QED) is 0.863. The molecule has 2 atom stereocenters. The van der Waals surface area contributed by atoms with Crippen molar-refractivity contribution in [2.45, 2.75) is 31.3 Å². The smallest absolute Gasteiger partial charge is 0.408 e. The van der Waals surface area contributed by atoms with Crippen molar-refractivity contribution in [2.75, 3.05) is 18.4 Å². The first kappa shape index (κ1) is 11.1. The first-order chi connectivity index (χ1) is 9.29. The van der Waals surface area contributed by atoms with Crippen molar-refractivity contribution in [3.8, 4) is 0 Å². The van der Waals surface area contributed by atoms with Crippen LogP contribution < -0.4 is 11.1 Å². The Hall–Kier alpha value is -1.75. The number of H-pyrrole nitrogens is 1. The van der Waals surface area contributed by atoms with Crippen molar-refractivity contribution in [3.63, 3.8) is 0 Å². The maximum absolute atomic E-state index is 11.1. The van der Waals surface area contributed by atoms with E-state index in [0.29, 0.717) is 17.7 Å². The molecule has 4 rings (SSSR count). The van der Waals surface area contributed by atoms with E-state index in [4.69, 9.17) is 4.42 Å². The van der Waals surface area contributed by atoms with Crippen molar-refractivity contribution >= 4 is 16.8 Å². The van der Waals surface area contributed by atoms with Crippen LogP contribution in [0.2, 0.25) is 0 Å². The largest absolute Gasteiger partial charge is 0.417 e. The molecule has 2 unspecified atom stereocenters. The number of aromatic amines is 1. The van der Waals surface area contributed by atoms with Gasteiger partial charge in [0.1, 0.15) is 0 Å². The van der Waals surface area contributed by atoms with Gasteiger partial charge in [-0.3, -0.25) is 9.88 Å². The van der Waals surface area contributed by atoms with Crippen LogP contribution in [0.4, 0.5) is 5.69 Å². The molecule has 2 aliphatic rings. The SMILES string of the molecule is O=c1[nH]c2cc(NC3CCN4CCCC34)ccc2o1. The molecule has 100 valence electrons. The van der Waals surface area contributed by atoms with Gasteiger partial charge in [-0.15, -0.1) is 0 Å². The maximum atomic E-state index is 11.1. The van der Waals surface area contributed by atoms with Gasteiger partial charge in [-0.25, -0.2) is 4.79 Å². The lowest BCUT2D eigenvalue weighted by molar-refractivity contribution is 0.318. The molecule has 5 heteroatoms. The highest BCUT2D eigenvalue weighted by Gasteiger charge is 2.36. The van der Waals surface area contributed by atoms with Crippen LogP contribution in [0.3, 0.4) is 0 Å². The van der Waals surface area contributed by atoms with Crippen molar-refractivity contribution in [3.05, 3.63) is 28.7 Å². The normalized spacial score (nSPS) is 26.9. The number of hydrogen-bond donors (Lipinski definition) is 2. The van der Waals surface area contributed by atoms with E-state index >= 15 is 0 Å². The second kappa shape index (κ2) is 4.13. The van der Waals surface area contributed by atoms with Crippen LogP contribution in [0, 0.1) is 0 Å². The van der Waals surface area contributed by atoms with Crippen molar-refractivity contribution in [1.82, 2.24) is 9.88 Å². The molecular weight excluding hydrogens is 242 g/mol. The Morgan fingerprint density at radius 1 is 1.32 bits per heavy atom. The third kappa shape index (κ3) is 1.85. The van der Waals surface area contributed by atoms with Gasteiger partial charge in [-0.1, -0.05) is 0 Å². The van der Waals surface area contributed by atoms with E-state index in [9.17, 15) is 4.79 Å². The predicted octanol–water partition coefficient (Wildman–Crippen LogP) is 1.77. The van der Waals surface area contributed by atoms with Crippen LogP contribution in [0.25, 0.3) is 11.1 Å². The molecule has 1 aromatic carbocycles. The van der Waals surface area contributed by atoms with E-state index in [1.165, 1.54) is 32.4 Å². The van der Waals surface area contributed by atoms with E-state index in [-0.39, 0.29) is 0 Å². The fourth-order valence-corrected chi connectivity index (χ4v) is 3.51. The molecule has 2 aliphatic heterocycles. The molecule has 0 spiro atoms. The Bertz CT molecular complexity index is 660. The highest BCUT2D eigenvalue weighted by molar-refractivity contribution is 5.76. The number of aromatic nitrogens is 1. The second-order valence-electron chi connectivity index (χ2n) is 5.51. The lowest BCUT2D eigenvalue weighted by Gasteiger charge is -2.22. The van der Waals surface area contributed by atoms with E-state index in [0.717, 1.165) is 11.2 Å². The highest BCUT2D eigenvalue weighted by Crippen LogP contribution is 2.30. The van der Waals surface area contributed by atoms with Gasteiger partial charge in [0.2, 0.25) is 0 Å². The van der Waals surface area contributed by atoms with E-state index in [1.807, 2.05) is 18.2 Å². The van der Waals surface area contributed by atoms with Crippen LogP contribution in [-0.2, 0) is 0 Å². The molecule has 5 nitrogen and oxygen atoms in total. The molecule has 2 fully saturated rings. The van der Waals surface area contributed by atoms with Crippen molar-refractivity contribution in [1.29, 1.82) is 0 Å². The molecule has 19 heavy (non-hydrogen) atoms. The van der Waals surface area contributed by atoms with Gasteiger partial charge in [0, 0.05) is 24.3 Å². The maximum Gasteiger partial charge on any atom is 0.417 e. The van der Waals surface area contributed by atoms with Gasteiger partial charge >= 0.3 is 5.76 Å². The summed E-state index contributed by atoms with van der Waals surface area (Å²) in [6.45, 7) is 2.45. The Kier molecular flexibility index (Phi) is 2.41. The molecule has 0 saturated carbocycles. The molecule has 0 bridgehead atoms. The Labute approximate surface area is 110 Å². The number of oxazole rings is 1. The Morgan fingerprint density at radius 3 is 3.21 bits per heavy atom. The number of nitrogens with one attached hydrogen (secondary N) is 2. The van der Waals surface area contributed by atoms with Gasteiger partial charge in [0.25, 0.3) is 0 Å². The lowest BCUT2D eigenvalue weighted by Crippen LogP contribution is -2.33. The molecule has 1 aromatic heterocycles. The van der Waals surface area contributed by atoms with Crippen molar-refractivity contribution < 1.29 is 4.42 Å². The van der Waals surface area contributed by atoms with Crippen LogP contribution in [0.15, 0.2) is 27.4 Å². The zero-order valence-corrected chi connectivity index (χ0v) is 10.7. The minimum Gasteiger partial charge on any atom is -0.408 e. The molecule has 0 radical (unpaired) electrons. The molecular formula is C14H17N3O2. The average molecular weight is 259 g/mol. The van der Waals surface area contributed by atoms with Crippen LogP contribution in [-0.4, -0.2) is 35.1 Å². The van der Waals surface area contributed by atoms with E-state index < -0.39 is 5.76 Å². The third-order valence-corrected chi connectivity index (χ3v) is 4.38. The Morgan fingerprint density at radius 2 is 2.26 bits per heavy atom. The van der Waals surface area contributed by atoms with Crippen LogP contribution in [0.5, 0.6) is 0 Å². The number of nitrogens with zero attached hydrogens (tertiary/aromatic N) is 1. The summed E-state index contributed by atoms with van der Waals surface area (Å²) in [6.07, 6.45) is 3.81.